The lowest BCUT2D eigenvalue weighted by Crippen LogP contribution is -2.27. The molecule has 2 aromatic heterocycles. The van der Waals surface area contributed by atoms with Crippen molar-refractivity contribution in [3.05, 3.63) is 35.7 Å². The normalized spacial score (nSPS) is 10.4. The molecule has 2 aromatic rings. The van der Waals surface area contributed by atoms with Crippen LogP contribution in [-0.4, -0.2) is 34.1 Å². The first kappa shape index (κ1) is 15.0. The molecule has 21 heavy (non-hydrogen) atoms. The molecule has 0 aliphatic carbocycles. The summed E-state index contributed by atoms with van der Waals surface area (Å²) < 4.78 is 4.88. The molecule has 112 valence electrons. The van der Waals surface area contributed by atoms with Crippen molar-refractivity contribution in [3.63, 3.8) is 0 Å². The second-order valence-corrected chi connectivity index (χ2v) is 4.58. The molecular weight excluding hydrogens is 270 g/mol. The molecule has 0 bridgehead atoms. The number of nitrogens with zero attached hydrogens (tertiary/aromatic N) is 3. The van der Waals surface area contributed by atoms with Crippen molar-refractivity contribution in [2.75, 3.05) is 18.4 Å². The quantitative estimate of drug-likeness (QED) is 0.803. The molecule has 0 aromatic carbocycles. The SMILES string of the molecule is CCCNc1cnccc1C(=O)NCCc1noc(C)n1. The van der Waals surface area contributed by atoms with Crippen LogP contribution in [-0.2, 0) is 6.42 Å². The zero-order valence-electron chi connectivity index (χ0n) is 12.2. The average Bonchev–Trinajstić information content (AvgIpc) is 2.91. The van der Waals surface area contributed by atoms with Gasteiger partial charge >= 0.3 is 0 Å². The lowest BCUT2D eigenvalue weighted by molar-refractivity contribution is 0.0954. The van der Waals surface area contributed by atoms with E-state index < -0.39 is 0 Å². The van der Waals surface area contributed by atoms with Crippen molar-refractivity contribution >= 4 is 11.6 Å². The summed E-state index contributed by atoms with van der Waals surface area (Å²) in [4.78, 5) is 20.3. The van der Waals surface area contributed by atoms with Gasteiger partial charge in [0.2, 0.25) is 5.89 Å². The van der Waals surface area contributed by atoms with Gasteiger partial charge in [0.1, 0.15) is 0 Å². The highest BCUT2D eigenvalue weighted by atomic mass is 16.5. The molecule has 7 heteroatoms. The maximum atomic E-state index is 12.2. The molecule has 0 aliphatic heterocycles. The van der Waals surface area contributed by atoms with Crippen LogP contribution in [0.15, 0.2) is 23.0 Å². The number of pyridine rings is 1. The maximum absolute atomic E-state index is 12.2. The minimum absolute atomic E-state index is 0.142. The zero-order chi connectivity index (χ0) is 15.1. The Morgan fingerprint density at radius 2 is 2.24 bits per heavy atom. The van der Waals surface area contributed by atoms with E-state index in [1.165, 1.54) is 0 Å². The highest BCUT2D eigenvalue weighted by molar-refractivity contribution is 5.99. The van der Waals surface area contributed by atoms with E-state index in [0.717, 1.165) is 18.7 Å². The Balaban J connectivity index is 1.90. The first-order valence-electron chi connectivity index (χ1n) is 6.96. The fraction of sp³-hybridized carbons (Fsp3) is 0.429. The molecule has 0 saturated carbocycles. The van der Waals surface area contributed by atoms with Crippen molar-refractivity contribution in [2.45, 2.75) is 26.7 Å². The van der Waals surface area contributed by atoms with Crippen molar-refractivity contribution < 1.29 is 9.32 Å². The van der Waals surface area contributed by atoms with Crippen molar-refractivity contribution in [2.24, 2.45) is 0 Å². The van der Waals surface area contributed by atoms with Crippen LogP contribution in [0.3, 0.4) is 0 Å². The van der Waals surface area contributed by atoms with Crippen molar-refractivity contribution in [1.82, 2.24) is 20.4 Å². The van der Waals surface area contributed by atoms with Crippen molar-refractivity contribution in [1.29, 1.82) is 0 Å². The van der Waals surface area contributed by atoms with Crippen LogP contribution in [0.2, 0.25) is 0 Å². The first-order valence-corrected chi connectivity index (χ1v) is 6.96. The number of carbonyl (C=O) groups is 1. The van der Waals surface area contributed by atoms with E-state index in [4.69, 9.17) is 4.52 Å². The highest BCUT2D eigenvalue weighted by Crippen LogP contribution is 2.13. The van der Waals surface area contributed by atoms with Crippen molar-refractivity contribution in [3.8, 4) is 0 Å². The summed E-state index contributed by atoms with van der Waals surface area (Å²) in [5.41, 5.74) is 1.33. The number of aryl methyl sites for hydroxylation is 1. The molecule has 0 radical (unpaired) electrons. The number of hydrogen-bond donors (Lipinski definition) is 2. The smallest absolute Gasteiger partial charge is 0.253 e. The summed E-state index contributed by atoms with van der Waals surface area (Å²) in [6, 6.07) is 1.70. The number of carbonyl (C=O) groups excluding carboxylic acids is 1. The van der Waals surface area contributed by atoms with E-state index in [9.17, 15) is 4.79 Å². The second kappa shape index (κ2) is 7.37. The molecule has 1 amide bonds. The molecule has 0 unspecified atom stereocenters. The Hall–Kier alpha value is -2.44. The Morgan fingerprint density at radius 3 is 2.95 bits per heavy atom. The second-order valence-electron chi connectivity index (χ2n) is 4.58. The van der Waals surface area contributed by atoms with Gasteiger partial charge in [-0.3, -0.25) is 9.78 Å². The van der Waals surface area contributed by atoms with E-state index in [2.05, 4.69) is 32.7 Å². The van der Waals surface area contributed by atoms with Gasteiger partial charge in [-0.15, -0.1) is 0 Å². The number of amides is 1. The molecular formula is C14H19N5O2. The number of anilines is 1. The third-order valence-corrected chi connectivity index (χ3v) is 2.83. The average molecular weight is 289 g/mol. The Kier molecular flexibility index (Phi) is 5.25. The summed E-state index contributed by atoms with van der Waals surface area (Å²) in [5.74, 6) is 0.972. The fourth-order valence-electron chi connectivity index (χ4n) is 1.82. The van der Waals surface area contributed by atoms with Crippen LogP contribution in [0, 0.1) is 6.92 Å². The van der Waals surface area contributed by atoms with Gasteiger partial charge in [0.05, 0.1) is 17.4 Å². The molecule has 2 N–H and O–H groups in total. The summed E-state index contributed by atoms with van der Waals surface area (Å²) in [7, 11) is 0. The molecule has 7 nitrogen and oxygen atoms in total. The zero-order valence-corrected chi connectivity index (χ0v) is 12.2. The Morgan fingerprint density at radius 1 is 1.38 bits per heavy atom. The van der Waals surface area contributed by atoms with E-state index >= 15 is 0 Å². The van der Waals surface area contributed by atoms with Crippen LogP contribution < -0.4 is 10.6 Å². The van der Waals surface area contributed by atoms with Crippen LogP contribution in [0.4, 0.5) is 5.69 Å². The largest absolute Gasteiger partial charge is 0.383 e. The minimum Gasteiger partial charge on any atom is -0.383 e. The summed E-state index contributed by atoms with van der Waals surface area (Å²) >= 11 is 0. The minimum atomic E-state index is -0.142. The monoisotopic (exact) mass is 289 g/mol. The Labute approximate surface area is 123 Å². The highest BCUT2D eigenvalue weighted by Gasteiger charge is 2.11. The van der Waals surface area contributed by atoms with Gasteiger partial charge in [-0.2, -0.15) is 4.98 Å². The predicted octanol–water partition coefficient (Wildman–Crippen LogP) is 1.57. The molecule has 0 fully saturated rings. The number of rotatable bonds is 7. The van der Waals surface area contributed by atoms with Gasteiger partial charge in [0.15, 0.2) is 5.82 Å². The van der Waals surface area contributed by atoms with Crippen LogP contribution in [0.5, 0.6) is 0 Å². The van der Waals surface area contributed by atoms with Gasteiger partial charge < -0.3 is 15.2 Å². The Bertz CT molecular complexity index is 597. The lowest BCUT2D eigenvalue weighted by atomic mass is 10.2. The maximum Gasteiger partial charge on any atom is 0.253 e. The van der Waals surface area contributed by atoms with E-state index in [1.54, 1.807) is 25.4 Å². The molecule has 0 atom stereocenters. The third-order valence-electron chi connectivity index (χ3n) is 2.83. The molecule has 2 rings (SSSR count). The topological polar surface area (TPSA) is 92.9 Å². The predicted molar refractivity (Wildman–Crippen MR) is 78.1 cm³/mol. The molecule has 0 spiro atoms. The van der Waals surface area contributed by atoms with E-state index in [-0.39, 0.29) is 5.91 Å². The fourth-order valence-corrected chi connectivity index (χ4v) is 1.82. The number of aromatic nitrogens is 3. The van der Waals surface area contributed by atoms with Gasteiger partial charge in [-0.1, -0.05) is 12.1 Å². The van der Waals surface area contributed by atoms with Crippen LogP contribution >= 0.6 is 0 Å². The molecule has 0 saturated heterocycles. The first-order chi connectivity index (χ1) is 10.2. The number of hydrogen-bond acceptors (Lipinski definition) is 6. The summed E-state index contributed by atoms with van der Waals surface area (Å²) in [5, 5.41) is 9.82. The molecule has 2 heterocycles. The van der Waals surface area contributed by atoms with Gasteiger partial charge in [-0.25, -0.2) is 0 Å². The molecule has 0 aliphatic rings. The third kappa shape index (κ3) is 4.27. The summed E-state index contributed by atoms with van der Waals surface area (Å²) in [6.45, 7) is 5.05. The van der Waals surface area contributed by atoms with Gasteiger partial charge in [0, 0.05) is 32.6 Å². The van der Waals surface area contributed by atoms with Gasteiger partial charge in [-0.05, 0) is 12.5 Å². The number of nitrogens with one attached hydrogen (secondary N) is 2. The van der Waals surface area contributed by atoms with Gasteiger partial charge in [0.25, 0.3) is 5.91 Å². The summed E-state index contributed by atoms with van der Waals surface area (Å²) in [6.07, 6.45) is 4.78. The standard InChI is InChI=1S/C14H19N5O2/c1-3-6-16-12-9-15-7-4-11(12)14(20)17-8-5-13-18-10(2)21-19-13/h4,7,9,16H,3,5-6,8H2,1-2H3,(H,17,20). The lowest BCUT2D eigenvalue weighted by Gasteiger charge is -2.10. The van der Waals surface area contributed by atoms with Crippen LogP contribution in [0.1, 0.15) is 35.4 Å². The van der Waals surface area contributed by atoms with Crippen LogP contribution in [0.25, 0.3) is 0 Å². The van der Waals surface area contributed by atoms with E-state index in [1.807, 2.05) is 0 Å². The van der Waals surface area contributed by atoms with E-state index in [0.29, 0.717) is 30.2 Å².